The highest BCUT2D eigenvalue weighted by atomic mass is 16.3. The van der Waals surface area contributed by atoms with E-state index in [1.165, 1.54) is 6.07 Å². The van der Waals surface area contributed by atoms with Gasteiger partial charge in [0.25, 0.3) is 0 Å². The van der Waals surface area contributed by atoms with Gasteiger partial charge in [-0.25, -0.2) is 0 Å². The van der Waals surface area contributed by atoms with Gasteiger partial charge in [-0.2, -0.15) is 0 Å². The second kappa shape index (κ2) is 4.78. The molecule has 80 valence electrons. The van der Waals surface area contributed by atoms with E-state index in [-0.39, 0.29) is 11.5 Å². The molecule has 0 saturated heterocycles. The lowest BCUT2D eigenvalue weighted by Crippen LogP contribution is -1.99. The number of hydrogen-bond acceptors (Lipinski definition) is 2. The van der Waals surface area contributed by atoms with Gasteiger partial charge in [-0.15, -0.1) is 0 Å². The van der Waals surface area contributed by atoms with Crippen LogP contribution in [0.1, 0.15) is 36.2 Å². The third-order valence-corrected chi connectivity index (χ3v) is 2.25. The van der Waals surface area contributed by atoms with Gasteiger partial charge in [-0.3, -0.25) is 4.79 Å². The van der Waals surface area contributed by atoms with E-state index in [1.807, 2.05) is 6.92 Å². The van der Waals surface area contributed by atoms with Crippen LogP contribution in [0.3, 0.4) is 0 Å². The van der Waals surface area contributed by atoms with Gasteiger partial charge in [0.1, 0.15) is 5.75 Å². The minimum Gasteiger partial charge on any atom is -0.508 e. The van der Waals surface area contributed by atoms with Crippen LogP contribution in [-0.2, 0) is 6.42 Å². The van der Waals surface area contributed by atoms with Crippen LogP contribution in [0.5, 0.6) is 5.75 Å². The second-order valence-corrected chi connectivity index (χ2v) is 3.70. The molecule has 0 aromatic heterocycles. The first-order chi connectivity index (χ1) is 7.06. The Morgan fingerprint density at radius 3 is 2.60 bits per heavy atom. The predicted molar refractivity (Wildman–Crippen MR) is 61.2 cm³/mol. The first-order valence-corrected chi connectivity index (χ1v) is 5.08. The highest BCUT2D eigenvalue weighted by Crippen LogP contribution is 2.21. The first-order valence-electron chi connectivity index (χ1n) is 5.08. The van der Waals surface area contributed by atoms with Gasteiger partial charge >= 0.3 is 0 Å². The number of allylic oxidation sites excluding steroid dienone is 1. The predicted octanol–water partition coefficient (Wildman–Crippen LogP) is 3.10. The summed E-state index contributed by atoms with van der Waals surface area (Å²) in [6, 6.07) is 5.05. The zero-order chi connectivity index (χ0) is 11.4. The molecule has 0 radical (unpaired) electrons. The number of phenols is 1. The van der Waals surface area contributed by atoms with Crippen LogP contribution in [0.25, 0.3) is 0 Å². The molecule has 2 heteroatoms. The number of rotatable bonds is 4. The zero-order valence-electron chi connectivity index (χ0n) is 9.21. The molecule has 0 unspecified atom stereocenters. The molecule has 1 N–H and O–H groups in total. The van der Waals surface area contributed by atoms with Gasteiger partial charge in [0.05, 0.1) is 0 Å². The lowest BCUT2D eigenvalue weighted by atomic mass is 10.0. The third-order valence-electron chi connectivity index (χ3n) is 2.25. The lowest BCUT2D eigenvalue weighted by molar-refractivity contribution is 0.103. The van der Waals surface area contributed by atoms with Crippen molar-refractivity contribution in [1.29, 1.82) is 0 Å². The van der Waals surface area contributed by atoms with Crippen molar-refractivity contribution in [2.75, 3.05) is 0 Å². The molecule has 0 saturated carbocycles. The molecule has 0 heterocycles. The largest absolute Gasteiger partial charge is 0.508 e. The van der Waals surface area contributed by atoms with E-state index in [4.69, 9.17) is 0 Å². The molecule has 1 aromatic rings. The number of hydrogen-bond donors (Lipinski definition) is 1. The van der Waals surface area contributed by atoms with E-state index < -0.39 is 0 Å². The molecule has 0 spiro atoms. The molecule has 1 rings (SSSR count). The van der Waals surface area contributed by atoms with E-state index in [9.17, 15) is 9.90 Å². The monoisotopic (exact) mass is 204 g/mol. The molecule has 0 aliphatic heterocycles. The highest BCUT2D eigenvalue weighted by molar-refractivity contribution is 6.08. The molecule has 0 amide bonds. The third kappa shape index (κ3) is 2.69. The SMILES string of the molecule is C=C(C)C(=O)c1ccc(CCC)c(O)c1. The number of phenolic OH excluding ortho intramolecular Hbond substituents is 1. The van der Waals surface area contributed by atoms with Crippen molar-refractivity contribution in [2.24, 2.45) is 0 Å². The molecule has 2 nitrogen and oxygen atoms in total. The Bertz CT molecular complexity index is 392. The van der Waals surface area contributed by atoms with E-state index in [2.05, 4.69) is 6.58 Å². The Balaban J connectivity index is 3.01. The number of aryl methyl sites for hydroxylation is 1. The zero-order valence-corrected chi connectivity index (χ0v) is 9.21. The number of aromatic hydroxyl groups is 1. The topological polar surface area (TPSA) is 37.3 Å². The van der Waals surface area contributed by atoms with E-state index >= 15 is 0 Å². The molecular formula is C13H16O2. The number of Topliss-reactive ketones (excluding diaryl/α,β-unsaturated/α-hetero) is 1. The average Bonchev–Trinajstić information content (AvgIpc) is 2.20. The van der Waals surface area contributed by atoms with Crippen LogP contribution >= 0.6 is 0 Å². The maximum atomic E-state index is 11.6. The van der Waals surface area contributed by atoms with Crippen LogP contribution in [0.15, 0.2) is 30.4 Å². The summed E-state index contributed by atoms with van der Waals surface area (Å²) < 4.78 is 0. The molecule has 0 aliphatic carbocycles. The lowest BCUT2D eigenvalue weighted by Gasteiger charge is -2.05. The minimum absolute atomic E-state index is 0.117. The van der Waals surface area contributed by atoms with E-state index in [1.54, 1.807) is 19.1 Å². The molecule has 0 fully saturated rings. The Morgan fingerprint density at radius 2 is 2.13 bits per heavy atom. The van der Waals surface area contributed by atoms with Crippen molar-refractivity contribution in [3.05, 3.63) is 41.5 Å². The summed E-state index contributed by atoms with van der Waals surface area (Å²) >= 11 is 0. The van der Waals surface area contributed by atoms with Crippen LogP contribution < -0.4 is 0 Å². The average molecular weight is 204 g/mol. The van der Waals surface area contributed by atoms with Crippen molar-refractivity contribution in [3.63, 3.8) is 0 Å². The Hall–Kier alpha value is -1.57. The molecule has 0 atom stereocenters. The van der Waals surface area contributed by atoms with Crippen molar-refractivity contribution >= 4 is 5.78 Å². The van der Waals surface area contributed by atoms with Gasteiger partial charge in [-0.05, 0) is 30.5 Å². The summed E-state index contributed by atoms with van der Waals surface area (Å²) in [7, 11) is 0. The van der Waals surface area contributed by atoms with Crippen LogP contribution in [0, 0.1) is 0 Å². The minimum atomic E-state index is -0.117. The summed E-state index contributed by atoms with van der Waals surface area (Å²) in [6.07, 6.45) is 1.80. The number of carbonyl (C=O) groups excluding carboxylic acids is 1. The van der Waals surface area contributed by atoms with Crippen molar-refractivity contribution in [1.82, 2.24) is 0 Å². The fourth-order valence-electron chi connectivity index (χ4n) is 1.43. The number of benzene rings is 1. The molecule has 1 aromatic carbocycles. The highest BCUT2D eigenvalue weighted by Gasteiger charge is 2.09. The van der Waals surface area contributed by atoms with Gasteiger partial charge < -0.3 is 5.11 Å². The molecular weight excluding hydrogens is 188 g/mol. The van der Waals surface area contributed by atoms with Crippen molar-refractivity contribution in [3.8, 4) is 5.75 Å². The van der Waals surface area contributed by atoms with Gasteiger partial charge in [-0.1, -0.05) is 32.1 Å². The Labute approximate surface area is 90.3 Å². The number of ketones is 1. The maximum absolute atomic E-state index is 11.6. The van der Waals surface area contributed by atoms with Crippen molar-refractivity contribution < 1.29 is 9.90 Å². The second-order valence-electron chi connectivity index (χ2n) is 3.70. The normalized spacial score (nSPS) is 10.0. The quantitative estimate of drug-likeness (QED) is 0.604. The Kier molecular flexibility index (Phi) is 3.67. The van der Waals surface area contributed by atoms with Crippen LogP contribution in [0.4, 0.5) is 0 Å². The fourth-order valence-corrected chi connectivity index (χ4v) is 1.43. The smallest absolute Gasteiger partial charge is 0.188 e. The van der Waals surface area contributed by atoms with Gasteiger partial charge in [0, 0.05) is 5.56 Å². The first kappa shape index (κ1) is 11.5. The van der Waals surface area contributed by atoms with Gasteiger partial charge in [0.15, 0.2) is 5.78 Å². The van der Waals surface area contributed by atoms with E-state index in [0.29, 0.717) is 11.1 Å². The molecule has 15 heavy (non-hydrogen) atoms. The summed E-state index contributed by atoms with van der Waals surface area (Å²) in [5.41, 5.74) is 1.87. The summed E-state index contributed by atoms with van der Waals surface area (Å²) in [6.45, 7) is 7.30. The summed E-state index contributed by atoms with van der Waals surface area (Å²) in [5, 5.41) is 9.67. The van der Waals surface area contributed by atoms with Gasteiger partial charge in [0.2, 0.25) is 0 Å². The van der Waals surface area contributed by atoms with E-state index in [0.717, 1.165) is 18.4 Å². The number of carbonyl (C=O) groups is 1. The molecule has 0 bridgehead atoms. The maximum Gasteiger partial charge on any atom is 0.188 e. The van der Waals surface area contributed by atoms with Crippen LogP contribution in [0.2, 0.25) is 0 Å². The fraction of sp³-hybridized carbons (Fsp3) is 0.308. The Morgan fingerprint density at radius 1 is 1.47 bits per heavy atom. The molecule has 0 aliphatic rings. The standard InChI is InChI=1S/C13H16O2/c1-4-5-10-6-7-11(8-12(10)14)13(15)9(2)3/h6-8,14H,2,4-5H2,1,3H3. The summed E-state index contributed by atoms with van der Waals surface area (Å²) in [5.74, 6) is 0.0808. The summed E-state index contributed by atoms with van der Waals surface area (Å²) in [4.78, 5) is 11.6. The van der Waals surface area contributed by atoms with Crippen LogP contribution in [-0.4, -0.2) is 10.9 Å². The van der Waals surface area contributed by atoms with Crippen molar-refractivity contribution in [2.45, 2.75) is 26.7 Å².